The van der Waals surface area contributed by atoms with E-state index in [1.54, 1.807) is 6.92 Å². The van der Waals surface area contributed by atoms with E-state index in [9.17, 15) is 19.8 Å². The summed E-state index contributed by atoms with van der Waals surface area (Å²) >= 11 is 0. The Hall–Kier alpha value is -1.26. The molecule has 0 amide bonds. The van der Waals surface area contributed by atoms with Gasteiger partial charge in [0, 0.05) is 18.2 Å². The average Bonchev–Trinajstić information content (AvgIpc) is 2.95. The second kappa shape index (κ2) is 7.77. The van der Waals surface area contributed by atoms with Crippen LogP contribution < -0.4 is 11.2 Å². The van der Waals surface area contributed by atoms with Crippen LogP contribution in [0.4, 0.5) is 0 Å². The first kappa shape index (κ1) is 21.0. The predicted molar refractivity (Wildman–Crippen MR) is 97.2 cm³/mol. The molecule has 146 valence electrons. The number of nitrogens with zero attached hydrogens (tertiary/aromatic N) is 1. The Morgan fingerprint density at radius 2 is 2.04 bits per heavy atom. The first-order valence-electron chi connectivity index (χ1n) is 8.70. The van der Waals surface area contributed by atoms with Gasteiger partial charge in [-0.1, -0.05) is 27.7 Å². The van der Waals surface area contributed by atoms with Gasteiger partial charge in [0.25, 0.3) is 5.56 Å². The molecule has 1 saturated heterocycles. The molecule has 1 aromatic heterocycles. The summed E-state index contributed by atoms with van der Waals surface area (Å²) in [4.78, 5) is 26.0. The van der Waals surface area contributed by atoms with Gasteiger partial charge in [-0.25, -0.2) is 4.79 Å². The molecule has 0 saturated carbocycles. The van der Waals surface area contributed by atoms with Crippen LogP contribution in [0.3, 0.4) is 0 Å². The molecule has 2 radical (unpaired) electrons. The lowest BCUT2D eigenvalue weighted by Gasteiger charge is -2.34. The van der Waals surface area contributed by atoms with E-state index >= 15 is 0 Å². The number of ether oxygens (including phenoxy) is 1. The Kier molecular flexibility index (Phi) is 6.29. The fourth-order valence-corrected chi connectivity index (χ4v) is 3.58. The number of hydrogen-bond acceptors (Lipinski definition) is 6. The maximum absolute atomic E-state index is 12.1. The lowest BCUT2D eigenvalue weighted by atomic mass is 9.99. The number of rotatable bonds is 7. The van der Waals surface area contributed by atoms with E-state index in [0.717, 1.165) is 0 Å². The van der Waals surface area contributed by atoms with Gasteiger partial charge >= 0.3 is 5.69 Å². The third kappa shape index (κ3) is 4.01. The number of hydrogen-bond donors (Lipinski definition) is 3. The van der Waals surface area contributed by atoms with Crippen LogP contribution in [-0.2, 0) is 9.16 Å². The molecule has 9 heteroatoms. The van der Waals surface area contributed by atoms with Crippen molar-refractivity contribution in [1.29, 1.82) is 0 Å². The van der Waals surface area contributed by atoms with Crippen molar-refractivity contribution in [3.05, 3.63) is 32.6 Å². The Balaban J connectivity index is 2.28. The predicted octanol–water partition coefficient (Wildman–Crippen LogP) is 0.346. The molecule has 8 nitrogen and oxygen atoms in total. The average molecular weight is 385 g/mol. The maximum atomic E-state index is 12.1. The van der Waals surface area contributed by atoms with E-state index in [-0.39, 0.29) is 21.2 Å². The molecule has 1 fully saturated rings. The number of aromatic nitrogens is 2. The highest BCUT2D eigenvalue weighted by Gasteiger charge is 2.50. The van der Waals surface area contributed by atoms with Crippen LogP contribution in [0.5, 0.6) is 0 Å². The summed E-state index contributed by atoms with van der Waals surface area (Å²) in [5.74, 6) is 0.390. The number of aryl methyl sites for hydroxylation is 1. The van der Waals surface area contributed by atoms with Crippen LogP contribution in [0.1, 0.15) is 45.9 Å². The van der Waals surface area contributed by atoms with E-state index < -0.39 is 42.4 Å². The largest absolute Gasteiger partial charge is 0.411 e. The molecule has 2 rings (SSSR count). The number of H-pyrrole nitrogens is 1. The molecule has 3 N–H and O–H groups in total. The van der Waals surface area contributed by atoms with Crippen molar-refractivity contribution < 1.29 is 19.4 Å². The second-order valence-electron chi connectivity index (χ2n) is 7.75. The molecule has 0 spiro atoms. The molecule has 0 aromatic carbocycles. The van der Waals surface area contributed by atoms with Gasteiger partial charge in [0.2, 0.25) is 9.76 Å². The van der Waals surface area contributed by atoms with Crippen LogP contribution in [0.25, 0.3) is 0 Å². The fourth-order valence-electron chi connectivity index (χ4n) is 2.59. The first-order chi connectivity index (χ1) is 12.1. The van der Waals surface area contributed by atoms with Crippen molar-refractivity contribution in [3.8, 4) is 0 Å². The van der Waals surface area contributed by atoms with Crippen molar-refractivity contribution in [1.82, 2.24) is 9.55 Å². The summed E-state index contributed by atoms with van der Waals surface area (Å²) in [6.07, 6.45) is 0.397. The highest BCUT2D eigenvalue weighted by molar-refractivity contribution is 6.32. The molecular weight excluding hydrogens is 356 g/mol. The van der Waals surface area contributed by atoms with Gasteiger partial charge in [-0.3, -0.25) is 14.3 Å². The van der Waals surface area contributed by atoms with Gasteiger partial charge in [-0.05, 0) is 17.9 Å². The van der Waals surface area contributed by atoms with Crippen LogP contribution in [0, 0.1) is 12.8 Å². The second-order valence-corrected chi connectivity index (χ2v) is 9.48. The van der Waals surface area contributed by atoms with Crippen molar-refractivity contribution in [2.24, 2.45) is 5.92 Å². The molecule has 1 aliphatic heterocycles. The van der Waals surface area contributed by atoms with E-state index in [1.807, 2.05) is 0 Å². The molecular formula is C17H28N2O6Si. The minimum absolute atomic E-state index is 0.0693. The molecule has 26 heavy (non-hydrogen) atoms. The minimum atomic E-state index is -1.30. The zero-order valence-electron chi connectivity index (χ0n) is 15.9. The maximum Gasteiger partial charge on any atom is 0.330 e. The van der Waals surface area contributed by atoms with Crippen LogP contribution in [0.2, 0.25) is 5.04 Å². The van der Waals surface area contributed by atoms with E-state index in [4.69, 9.17) is 9.16 Å². The standard InChI is InChI=1S/C17H28N2O6Si/c1-10(2)16(4,5)26-25-12-6-13(24-17(12,8-20)9-21)19-7-11(3)14(22)18-15(19)23/h7,10,12-13,20-21H,6,8-9H2,1-5H3,(H,18,22,23)/t12-,13+/m0/s1. The van der Waals surface area contributed by atoms with E-state index in [2.05, 4.69) is 32.7 Å². The third-order valence-electron chi connectivity index (χ3n) is 5.27. The Morgan fingerprint density at radius 1 is 1.42 bits per heavy atom. The zero-order valence-corrected chi connectivity index (χ0v) is 16.9. The Morgan fingerprint density at radius 3 is 2.58 bits per heavy atom. The summed E-state index contributed by atoms with van der Waals surface area (Å²) in [5.41, 5.74) is -1.97. The highest BCUT2D eigenvalue weighted by Crippen LogP contribution is 2.40. The molecule has 1 aromatic rings. The number of aliphatic hydroxyl groups excluding tert-OH is 2. The molecule has 2 heterocycles. The monoisotopic (exact) mass is 384 g/mol. The quantitative estimate of drug-likeness (QED) is 0.585. The van der Waals surface area contributed by atoms with Crippen LogP contribution in [0.15, 0.2) is 15.8 Å². The first-order valence-corrected chi connectivity index (χ1v) is 9.61. The van der Waals surface area contributed by atoms with Crippen molar-refractivity contribution in [2.75, 3.05) is 13.2 Å². The van der Waals surface area contributed by atoms with Gasteiger partial charge in [0.1, 0.15) is 11.8 Å². The smallest absolute Gasteiger partial charge is 0.330 e. The van der Waals surface area contributed by atoms with Gasteiger partial charge in [0.15, 0.2) is 0 Å². The number of aromatic amines is 1. The highest BCUT2D eigenvalue weighted by atomic mass is 28.2. The summed E-state index contributed by atoms with van der Waals surface area (Å²) in [5, 5.41) is 19.6. The third-order valence-corrected chi connectivity index (χ3v) is 6.78. The molecule has 0 bridgehead atoms. The van der Waals surface area contributed by atoms with Crippen molar-refractivity contribution in [3.63, 3.8) is 0 Å². The van der Waals surface area contributed by atoms with Crippen molar-refractivity contribution >= 4 is 9.76 Å². The minimum Gasteiger partial charge on any atom is -0.411 e. The Labute approximate surface area is 155 Å². The SMILES string of the molecule is Cc1cn([C@H]2C[C@H](O[Si]C(C)(C)C(C)C)C(CO)(CO)O2)c(=O)[nH]c1=O. The topological polar surface area (TPSA) is 114 Å². The van der Waals surface area contributed by atoms with Gasteiger partial charge in [0.05, 0.1) is 19.3 Å². The van der Waals surface area contributed by atoms with E-state index in [0.29, 0.717) is 11.5 Å². The van der Waals surface area contributed by atoms with Crippen molar-refractivity contribution in [2.45, 2.75) is 64.0 Å². The van der Waals surface area contributed by atoms with Gasteiger partial charge < -0.3 is 19.4 Å². The van der Waals surface area contributed by atoms with Gasteiger partial charge in [-0.15, -0.1) is 0 Å². The fraction of sp³-hybridized carbons (Fsp3) is 0.765. The summed E-state index contributed by atoms with van der Waals surface area (Å²) in [6.45, 7) is 9.13. The molecule has 2 atom stereocenters. The molecule has 0 unspecified atom stereocenters. The van der Waals surface area contributed by atoms with Crippen LogP contribution in [-0.4, -0.2) is 54.4 Å². The van der Waals surface area contributed by atoms with Crippen LogP contribution >= 0.6 is 0 Å². The number of nitrogens with one attached hydrogen (secondary N) is 1. The van der Waals surface area contributed by atoms with E-state index in [1.165, 1.54) is 10.8 Å². The lowest BCUT2D eigenvalue weighted by Crippen LogP contribution is -2.49. The number of aliphatic hydroxyl groups is 2. The summed E-state index contributed by atoms with van der Waals surface area (Å²) < 4.78 is 13.2. The molecule has 0 aliphatic carbocycles. The zero-order chi connectivity index (χ0) is 19.7. The Bertz CT molecular complexity index is 738. The van der Waals surface area contributed by atoms with Gasteiger partial charge in [-0.2, -0.15) is 0 Å². The molecule has 1 aliphatic rings. The lowest BCUT2D eigenvalue weighted by molar-refractivity contribution is -0.146. The normalized spacial score (nSPS) is 22.9. The summed E-state index contributed by atoms with van der Waals surface area (Å²) in [7, 11) is 0.139. The summed E-state index contributed by atoms with van der Waals surface area (Å²) in [6, 6.07) is 0.